The van der Waals surface area contributed by atoms with Gasteiger partial charge < -0.3 is 9.64 Å². The third kappa shape index (κ3) is 3.23. The fraction of sp³-hybridized carbons (Fsp3) is 0.389. The fourth-order valence-corrected chi connectivity index (χ4v) is 3.23. The lowest BCUT2D eigenvalue weighted by Crippen LogP contribution is -2.24. The van der Waals surface area contributed by atoms with E-state index in [-0.39, 0.29) is 6.10 Å². The molecule has 6 heteroatoms. The number of rotatable bonds is 6. The molecule has 4 rings (SSSR count). The van der Waals surface area contributed by atoms with Crippen LogP contribution in [-0.2, 0) is 11.2 Å². The molecule has 0 saturated carbocycles. The first-order valence-electron chi connectivity index (χ1n) is 8.45. The van der Waals surface area contributed by atoms with Crippen LogP contribution in [0.3, 0.4) is 0 Å². The Morgan fingerprint density at radius 1 is 1.21 bits per heavy atom. The molecule has 0 radical (unpaired) electrons. The lowest BCUT2D eigenvalue weighted by Gasteiger charge is -2.18. The maximum atomic E-state index is 6.06. The van der Waals surface area contributed by atoms with Gasteiger partial charge in [-0.1, -0.05) is 30.3 Å². The van der Waals surface area contributed by atoms with E-state index in [0.29, 0.717) is 0 Å². The second-order valence-corrected chi connectivity index (χ2v) is 6.15. The highest BCUT2D eigenvalue weighted by molar-refractivity contribution is 5.86. The van der Waals surface area contributed by atoms with Gasteiger partial charge in [0, 0.05) is 19.7 Å². The van der Waals surface area contributed by atoms with Gasteiger partial charge in [-0.2, -0.15) is 5.10 Å². The number of nitrogens with zero attached hydrogens (tertiary/aromatic N) is 4. The quantitative estimate of drug-likeness (QED) is 0.706. The van der Waals surface area contributed by atoms with Crippen molar-refractivity contribution < 1.29 is 4.74 Å². The highest BCUT2D eigenvalue weighted by atomic mass is 16.5. The average molecular weight is 323 g/mol. The van der Waals surface area contributed by atoms with Crippen LogP contribution in [0.15, 0.2) is 42.9 Å². The van der Waals surface area contributed by atoms with Crippen molar-refractivity contribution in [1.82, 2.24) is 20.2 Å². The van der Waals surface area contributed by atoms with Gasteiger partial charge in [-0.3, -0.25) is 5.10 Å². The number of aryl methyl sites for hydroxylation is 1. The molecule has 0 amide bonds. The molecule has 6 nitrogen and oxygen atoms in total. The summed E-state index contributed by atoms with van der Waals surface area (Å²) in [5.41, 5.74) is 2.16. The molecule has 3 heterocycles. The number of hydrogen-bond acceptors (Lipinski definition) is 5. The van der Waals surface area contributed by atoms with Crippen LogP contribution in [-0.4, -0.2) is 46.0 Å². The summed E-state index contributed by atoms with van der Waals surface area (Å²) in [6.07, 6.45) is 6.81. The molecule has 124 valence electrons. The van der Waals surface area contributed by atoms with Crippen molar-refractivity contribution in [2.45, 2.75) is 25.4 Å². The monoisotopic (exact) mass is 323 g/mol. The molecule has 0 bridgehead atoms. The third-order valence-electron chi connectivity index (χ3n) is 4.48. The van der Waals surface area contributed by atoms with Crippen LogP contribution in [0.4, 0.5) is 5.82 Å². The first-order chi connectivity index (χ1) is 11.9. The summed E-state index contributed by atoms with van der Waals surface area (Å²) in [4.78, 5) is 10.9. The number of H-pyrrole nitrogens is 1. The summed E-state index contributed by atoms with van der Waals surface area (Å²) in [7, 11) is 0. The van der Waals surface area contributed by atoms with E-state index in [9.17, 15) is 0 Å². The summed E-state index contributed by atoms with van der Waals surface area (Å²) in [5, 5.41) is 7.92. The van der Waals surface area contributed by atoms with Gasteiger partial charge in [-0.15, -0.1) is 0 Å². The molecule has 2 aromatic heterocycles. The summed E-state index contributed by atoms with van der Waals surface area (Å²) in [6.45, 7) is 2.64. The molecule has 1 aliphatic heterocycles. The minimum absolute atomic E-state index is 0.276. The Bertz CT molecular complexity index is 788. The maximum absolute atomic E-state index is 6.06. The van der Waals surface area contributed by atoms with E-state index in [0.717, 1.165) is 55.8 Å². The Morgan fingerprint density at radius 2 is 2.12 bits per heavy atom. The van der Waals surface area contributed by atoms with E-state index in [1.54, 1.807) is 12.5 Å². The van der Waals surface area contributed by atoms with Crippen LogP contribution in [0.25, 0.3) is 11.0 Å². The Labute approximate surface area is 140 Å². The van der Waals surface area contributed by atoms with Gasteiger partial charge in [0.15, 0.2) is 5.65 Å². The number of ether oxygens (including phenoxy) is 1. The van der Waals surface area contributed by atoms with Gasteiger partial charge in [-0.05, 0) is 24.8 Å². The van der Waals surface area contributed by atoms with E-state index >= 15 is 0 Å². The smallest absolute Gasteiger partial charge is 0.160 e. The molecule has 24 heavy (non-hydrogen) atoms. The van der Waals surface area contributed by atoms with Gasteiger partial charge in [-0.25, -0.2) is 9.97 Å². The summed E-state index contributed by atoms with van der Waals surface area (Å²) >= 11 is 0. The Kier molecular flexibility index (Phi) is 4.38. The largest absolute Gasteiger partial charge is 0.376 e. The Hall–Kier alpha value is -2.47. The SMILES string of the molecule is c1ccc(CCCO[C@H]2CCN(c3ncnc4[nH]ncc34)C2)cc1. The maximum Gasteiger partial charge on any atom is 0.160 e. The lowest BCUT2D eigenvalue weighted by atomic mass is 10.1. The second-order valence-electron chi connectivity index (χ2n) is 6.15. The zero-order valence-electron chi connectivity index (χ0n) is 13.6. The van der Waals surface area contributed by atoms with Gasteiger partial charge in [0.2, 0.25) is 0 Å². The number of aromatic amines is 1. The van der Waals surface area contributed by atoms with Gasteiger partial charge in [0.1, 0.15) is 12.1 Å². The molecule has 3 aromatic rings. The van der Waals surface area contributed by atoms with Gasteiger partial charge in [0.25, 0.3) is 0 Å². The molecule has 1 saturated heterocycles. The highest BCUT2D eigenvalue weighted by Gasteiger charge is 2.25. The van der Waals surface area contributed by atoms with Crippen molar-refractivity contribution in [1.29, 1.82) is 0 Å². The first-order valence-corrected chi connectivity index (χ1v) is 8.45. The van der Waals surface area contributed by atoms with Crippen molar-refractivity contribution in [3.63, 3.8) is 0 Å². The number of nitrogens with one attached hydrogen (secondary N) is 1. The van der Waals surface area contributed by atoms with E-state index in [2.05, 4.69) is 55.4 Å². The Morgan fingerprint density at radius 3 is 3.04 bits per heavy atom. The zero-order valence-corrected chi connectivity index (χ0v) is 13.6. The number of anilines is 1. The molecule has 1 fully saturated rings. The molecule has 0 aliphatic carbocycles. The minimum Gasteiger partial charge on any atom is -0.376 e. The van der Waals surface area contributed by atoms with Gasteiger partial charge in [0.05, 0.1) is 17.7 Å². The first kappa shape index (κ1) is 15.1. The molecule has 0 unspecified atom stereocenters. The van der Waals surface area contributed by atoms with Crippen molar-refractivity contribution >= 4 is 16.9 Å². The van der Waals surface area contributed by atoms with Crippen molar-refractivity contribution in [2.75, 3.05) is 24.6 Å². The van der Waals surface area contributed by atoms with E-state index < -0.39 is 0 Å². The van der Waals surface area contributed by atoms with E-state index in [1.165, 1.54) is 5.56 Å². The molecule has 1 aliphatic rings. The second kappa shape index (κ2) is 6.97. The van der Waals surface area contributed by atoms with E-state index in [1.807, 2.05) is 0 Å². The third-order valence-corrected chi connectivity index (χ3v) is 4.48. The Balaban J connectivity index is 1.28. The highest BCUT2D eigenvalue weighted by Crippen LogP contribution is 2.25. The summed E-state index contributed by atoms with van der Waals surface area (Å²) < 4.78 is 6.06. The van der Waals surface area contributed by atoms with Crippen LogP contribution in [0.1, 0.15) is 18.4 Å². The number of aromatic nitrogens is 4. The van der Waals surface area contributed by atoms with Crippen LogP contribution in [0.5, 0.6) is 0 Å². The lowest BCUT2D eigenvalue weighted by molar-refractivity contribution is 0.0667. The van der Waals surface area contributed by atoms with Crippen molar-refractivity contribution in [3.8, 4) is 0 Å². The fourth-order valence-electron chi connectivity index (χ4n) is 3.23. The molecule has 0 spiro atoms. The average Bonchev–Trinajstić information content (AvgIpc) is 3.28. The summed E-state index contributed by atoms with van der Waals surface area (Å²) in [5.74, 6) is 0.948. The molecule has 1 N–H and O–H groups in total. The van der Waals surface area contributed by atoms with E-state index in [4.69, 9.17) is 4.74 Å². The predicted octanol–water partition coefficient (Wildman–Crippen LogP) is 2.58. The molecular formula is C18H21N5O. The van der Waals surface area contributed by atoms with Crippen LogP contribution in [0, 0.1) is 0 Å². The van der Waals surface area contributed by atoms with Gasteiger partial charge >= 0.3 is 0 Å². The van der Waals surface area contributed by atoms with Crippen molar-refractivity contribution in [3.05, 3.63) is 48.4 Å². The number of hydrogen-bond donors (Lipinski definition) is 1. The molecule has 1 aromatic carbocycles. The normalized spacial score (nSPS) is 17.7. The zero-order chi connectivity index (χ0) is 16.2. The topological polar surface area (TPSA) is 66.9 Å². The predicted molar refractivity (Wildman–Crippen MR) is 93.0 cm³/mol. The molecule has 1 atom stereocenters. The summed E-state index contributed by atoms with van der Waals surface area (Å²) in [6, 6.07) is 10.6. The molecular weight excluding hydrogens is 302 g/mol. The van der Waals surface area contributed by atoms with Crippen LogP contribution < -0.4 is 4.90 Å². The standard InChI is InChI=1S/C18H21N5O/c1-2-5-14(6-3-1)7-4-10-24-15-8-9-23(12-15)18-16-11-21-22-17(16)19-13-20-18/h1-3,5-6,11,13,15H,4,7-10,12H2,(H,19,20,21,22)/t15-/m0/s1. The van der Waals surface area contributed by atoms with Crippen LogP contribution in [0.2, 0.25) is 0 Å². The van der Waals surface area contributed by atoms with Crippen molar-refractivity contribution in [2.24, 2.45) is 0 Å². The number of fused-ring (bicyclic) bond motifs is 1. The number of benzene rings is 1. The van der Waals surface area contributed by atoms with Crippen LogP contribution >= 0.6 is 0 Å². The minimum atomic E-state index is 0.276.